The second kappa shape index (κ2) is 9.63. The lowest BCUT2D eigenvalue weighted by molar-refractivity contribution is 0.141. The van der Waals surface area contributed by atoms with Crippen LogP contribution in [0.3, 0.4) is 0 Å². The van der Waals surface area contributed by atoms with Crippen molar-refractivity contribution in [2.45, 2.75) is 27.3 Å². The summed E-state index contributed by atoms with van der Waals surface area (Å²) in [5, 5.41) is 0. The Hall–Kier alpha value is -1.24. The number of hydrogen-bond acceptors (Lipinski definition) is 6. The standard InChI is InChI=1S/C14H26N4O2/c1-4-19-8-6-18(7-9-20-5-2)14-16-11-13(10-15)12(3)17-14/h11H,4-10,15H2,1-3H3. The van der Waals surface area contributed by atoms with Gasteiger partial charge in [-0.2, -0.15) is 0 Å². The van der Waals surface area contributed by atoms with E-state index in [0.29, 0.717) is 38.9 Å². The minimum atomic E-state index is 0.462. The summed E-state index contributed by atoms with van der Waals surface area (Å²) >= 11 is 0. The van der Waals surface area contributed by atoms with Crippen LogP contribution in [0.25, 0.3) is 0 Å². The first-order valence-electron chi connectivity index (χ1n) is 7.15. The molecule has 0 bridgehead atoms. The van der Waals surface area contributed by atoms with Gasteiger partial charge in [0.2, 0.25) is 5.95 Å². The Morgan fingerprint density at radius 3 is 2.20 bits per heavy atom. The lowest BCUT2D eigenvalue weighted by atomic mass is 10.2. The third-order valence-electron chi connectivity index (χ3n) is 2.99. The summed E-state index contributed by atoms with van der Waals surface area (Å²) in [5.74, 6) is 0.708. The first-order valence-corrected chi connectivity index (χ1v) is 7.15. The Kier molecular flexibility index (Phi) is 8.10. The summed E-state index contributed by atoms with van der Waals surface area (Å²) in [5.41, 5.74) is 7.54. The molecule has 6 heteroatoms. The Morgan fingerprint density at radius 2 is 1.75 bits per heavy atom. The van der Waals surface area contributed by atoms with Gasteiger partial charge < -0.3 is 20.1 Å². The Labute approximate surface area is 121 Å². The van der Waals surface area contributed by atoms with Crippen LogP contribution in [-0.2, 0) is 16.0 Å². The highest BCUT2D eigenvalue weighted by Crippen LogP contribution is 2.10. The van der Waals surface area contributed by atoms with Crippen molar-refractivity contribution >= 4 is 5.95 Å². The van der Waals surface area contributed by atoms with Gasteiger partial charge in [-0.15, -0.1) is 0 Å². The van der Waals surface area contributed by atoms with Gasteiger partial charge in [0.1, 0.15) is 0 Å². The van der Waals surface area contributed by atoms with E-state index in [2.05, 4.69) is 14.9 Å². The summed E-state index contributed by atoms with van der Waals surface area (Å²) in [7, 11) is 0. The zero-order valence-corrected chi connectivity index (χ0v) is 12.8. The molecular formula is C14H26N4O2. The highest BCUT2D eigenvalue weighted by atomic mass is 16.5. The van der Waals surface area contributed by atoms with Crippen molar-refractivity contribution in [3.05, 3.63) is 17.5 Å². The molecule has 0 aliphatic rings. The van der Waals surface area contributed by atoms with E-state index in [1.807, 2.05) is 20.8 Å². The maximum atomic E-state index is 5.64. The van der Waals surface area contributed by atoms with Crippen molar-refractivity contribution < 1.29 is 9.47 Å². The second-order valence-corrected chi connectivity index (χ2v) is 4.37. The molecule has 114 valence electrons. The highest BCUT2D eigenvalue weighted by Gasteiger charge is 2.11. The van der Waals surface area contributed by atoms with Crippen LogP contribution in [0.4, 0.5) is 5.95 Å². The Morgan fingerprint density at radius 1 is 1.15 bits per heavy atom. The van der Waals surface area contributed by atoms with Gasteiger partial charge in [-0.3, -0.25) is 0 Å². The van der Waals surface area contributed by atoms with Crippen LogP contribution < -0.4 is 10.6 Å². The van der Waals surface area contributed by atoms with E-state index in [-0.39, 0.29) is 0 Å². The van der Waals surface area contributed by atoms with Crippen molar-refractivity contribution in [2.75, 3.05) is 44.4 Å². The largest absolute Gasteiger partial charge is 0.380 e. The van der Waals surface area contributed by atoms with Crippen LogP contribution in [0.15, 0.2) is 6.20 Å². The third kappa shape index (κ3) is 5.40. The highest BCUT2D eigenvalue weighted by molar-refractivity contribution is 5.32. The van der Waals surface area contributed by atoms with E-state index < -0.39 is 0 Å². The average molecular weight is 282 g/mol. The summed E-state index contributed by atoms with van der Waals surface area (Å²) in [6.07, 6.45) is 1.80. The van der Waals surface area contributed by atoms with E-state index in [0.717, 1.165) is 24.3 Å². The number of aryl methyl sites for hydroxylation is 1. The van der Waals surface area contributed by atoms with Crippen LogP contribution in [-0.4, -0.2) is 49.5 Å². The lowest BCUT2D eigenvalue weighted by Crippen LogP contribution is -2.33. The van der Waals surface area contributed by atoms with Gasteiger partial charge >= 0.3 is 0 Å². The zero-order chi connectivity index (χ0) is 14.8. The van der Waals surface area contributed by atoms with Gasteiger partial charge in [0.05, 0.1) is 13.2 Å². The number of aromatic nitrogens is 2. The molecule has 1 aromatic rings. The number of hydrogen-bond donors (Lipinski definition) is 1. The average Bonchev–Trinajstić information content (AvgIpc) is 2.46. The van der Waals surface area contributed by atoms with Gasteiger partial charge in [-0.05, 0) is 20.8 Å². The topological polar surface area (TPSA) is 73.5 Å². The van der Waals surface area contributed by atoms with Crippen LogP contribution >= 0.6 is 0 Å². The normalized spacial score (nSPS) is 10.8. The predicted octanol–water partition coefficient (Wildman–Crippen LogP) is 1.12. The van der Waals surface area contributed by atoms with Gasteiger partial charge in [-0.25, -0.2) is 9.97 Å². The maximum Gasteiger partial charge on any atom is 0.225 e. The predicted molar refractivity (Wildman–Crippen MR) is 79.9 cm³/mol. The minimum Gasteiger partial charge on any atom is -0.380 e. The quantitative estimate of drug-likeness (QED) is 0.648. The van der Waals surface area contributed by atoms with Crippen molar-refractivity contribution in [3.63, 3.8) is 0 Å². The summed E-state index contributed by atoms with van der Waals surface area (Å²) in [6, 6.07) is 0. The van der Waals surface area contributed by atoms with E-state index in [9.17, 15) is 0 Å². The summed E-state index contributed by atoms with van der Waals surface area (Å²) in [6.45, 7) is 10.6. The summed E-state index contributed by atoms with van der Waals surface area (Å²) in [4.78, 5) is 11.0. The lowest BCUT2D eigenvalue weighted by Gasteiger charge is -2.23. The number of ether oxygens (including phenoxy) is 2. The molecule has 1 heterocycles. The summed E-state index contributed by atoms with van der Waals surface area (Å²) < 4.78 is 10.8. The number of anilines is 1. The number of rotatable bonds is 10. The molecule has 2 N–H and O–H groups in total. The molecule has 6 nitrogen and oxygen atoms in total. The third-order valence-corrected chi connectivity index (χ3v) is 2.99. The maximum absolute atomic E-state index is 5.64. The van der Waals surface area contributed by atoms with Crippen LogP contribution in [0, 0.1) is 6.92 Å². The molecule has 0 aromatic carbocycles. The molecule has 1 rings (SSSR count). The fraction of sp³-hybridized carbons (Fsp3) is 0.714. The zero-order valence-electron chi connectivity index (χ0n) is 12.8. The van der Waals surface area contributed by atoms with Gasteiger partial charge in [0, 0.05) is 50.3 Å². The molecule has 0 spiro atoms. The minimum absolute atomic E-state index is 0.462. The van der Waals surface area contributed by atoms with Crippen molar-refractivity contribution in [1.82, 2.24) is 9.97 Å². The van der Waals surface area contributed by atoms with E-state index in [4.69, 9.17) is 15.2 Å². The number of nitrogens with two attached hydrogens (primary N) is 1. The van der Waals surface area contributed by atoms with E-state index in [1.54, 1.807) is 6.20 Å². The molecule has 0 aliphatic carbocycles. The fourth-order valence-electron chi connectivity index (χ4n) is 1.78. The first-order chi connectivity index (χ1) is 9.72. The SMILES string of the molecule is CCOCCN(CCOCC)c1ncc(CN)c(C)n1. The first kappa shape index (κ1) is 16.8. The van der Waals surface area contributed by atoms with E-state index in [1.165, 1.54) is 0 Å². The van der Waals surface area contributed by atoms with Crippen LogP contribution in [0.5, 0.6) is 0 Å². The molecule has 0 radical (unpaired) electrons. The Bertz CT molecular complexity index is 377. The second-order valence-electron chi connectivity index (χ2n) is 4.37. The monoisotopic (exact) mass is 282 g/mol. The molecule has 0 saturated carbocycles. The molecule has 0 saturated heterocycles. The van der Waals surface area contributed by atoms with Crippen LogP contribution in [0.2, 0.25) is 0 Å². The Balaban J connectivity index is 2.71. The molecule has 0 fully saturated rings. The molecular weight excluding hydrogens is 256 g/mol. The molecule has 1 aromatic heterocycles. The smallest absolute Gasteiger partial charge is 0.225 e. The van der Waals surface area contributed by atoms with Gasteiger partial charge in [0.25, 0.3) is 0 Å². The molecule has 0 atom stereocenters. The molecule has 0 aliphatic heterocycles. The molecule has 0 amide bonds. The van der Waals surface area contributed by atoms with Crippen molar-refractivity contribution in [1.29, 1.82) is 0 Å². The van der Waals surface area contributed by atoms with Gasteiger partial charge in [0.15, 0.2) is 0 Å². The van der Waals surface area contributed by atoms with Crippen molar-refractivity contribution in [3.8, 4) is 0 Å². The molecule has 0 unspecified atom stereocenters. The fourth-order valence-corrected chi connectivity index (χ4v) is 1.78. The van der Waals surface area contributed by atoms with E-state index >= 15 is 0 Å². The van der Waals surface area contributed by atoms with Crippen molar-refractivity contribution in [2.24, 2.45) is 5.73 Å². The van der Waals surface area contributed by atoms with Gasteiger partial charge in [-0.1, -0.05) is 0 Å². The van der Waals surface area contributed by atoms with Crippen LogP contribution in [0.1, 0.15) is 25.1 Å². The number of nitrogens with zero attached hydrogens (tertiary/aromatic N) is 3. The molecule has 20 heavy (non-hydrogen) atoms.